The van der Waals surface area contributed by atoms with E-state index >= 15 is 0 Å². The van der Waals surface area contributed by atoms with E-state index in [2.05, 4.69) is 0 Å². The zero-order valence-corrected chi connectivity index (χ0v) is 38.3. The lowest BCUT2D eigenvalue weighted by Gasteiger charge is -2.22. The molecule has 2 aliphatic rings. The highest BCUT2D eigenvalue weighted by atomic mass is 16.2. The van der Waals surface area contributed by atoms with Gasteiger partial charge in [-0.2, -0.15) is 0 Å². The van der Waals surface area contributed by atoms with Crippen LogP contribution in [0.15, 0.2) is 127 Å². The Morgan fingerprint density at radius 3 is 1.19 bits per heavy atom. The smallest absolute Gasteiger partial charge is 0.266 e. The topological polar surface area (TPSA) is 186 Å². The van der Waals surface area contributed by atoms with E-state index in [1.165, 1.54) is 77.1 Å². The lowest BCUT2D eigenvalue weighted by molar-refractivity contribution is 0.0908. The number of benzene rings is 7. The number of ketones is 5. The van der Waals surface area contributed by atoms with Crippen molar-refractivity contribution in [2.75, 3.05) is 15.5 Å². The Morgan fingerprint density at radius 1 is 0.333 bits per heavy atom. The molecule has 7 aromatic carbocycles. The van der Waals surface area contributed by atoms with Crippen LogP contribution in [0, 0.1) is 6.92 Å². The summed E-state index contributed by atoms with van der Waals surface area (Å²) in [7, 11) is 0. The van der Waals surface area contributed by atoms with Crippen molar-refractivity contribution in [2.45, 2.75) is 41.5 Å². The van der Waals surface area contributed by atoms with Crippen molar-refractivity contribution in [1.29, 1.82) is 0 Å². The SMILES string of the molecule is CC(=O)c1cc(-c2cc(C(C)=O)c(N3C(=O)c4ccc(-c5ccc(N)cc5)cc4C3=O)cc2C(C)=O)c(C(C)=O)cc1-c1ccc(N2C(=O)c3ccc(-c4ccc(C)cc4)cc3C2=O)c(C(C)=O)c1. The van der Waals surface area contributed by atoms with E-state index in [1.54, 1.807) is 60.7 Å². The predicted octanol–water partition coefficient (Wildman–Crippen LogP) is 10.9. The van der Waals surface area contributed by atoms with Crippen LogP contribution in [-0.4, -0.2) is 52.5 Å². The fraction of sp³-hybridized carbons (Fsp3) is 0.105. The summed E-state index contributed by atoms with van der Waals surface area (Å²) in [6.45, 7) is 8.34. The fourth-order valence-corrected chi connectivity index (χ4v) is 9.09. The normalized spacial score (nSPS) is 12.9. The number of carbonyl (C=O) groups excluding carboxylic acids is 9. The molecule has 0 fully saturated rings. The van der Waals surface area contributed by atoms with Gasteiger partial charge >= 0.3 is 0 Å². The maximum absolute atomic E-state index is 14.2. The van der Waals surface area contributed by atoms with Crippen molar-refractivity contribution in [2.24, 2.45) is 0 Å². The Hall–Kier alpha value is -9.03. The van der Waals surface area contributed by atoms with Crippen LogP contribution in [0.2, 0.25) is 0 Å². The van der Waals surface area contributed by atoms with Crippen molar-refractivity contribution >= 4 is 69.6 Å². The summed E-state index contributed by atoms with van der Waals surface area (Å²) in [6, 6.07) is 34.5. The molecule has 0 aliphatic carbocycles. The van der Waals surface area contributed by atoms with Crippen LogP contribution in [0.3, 0.4) is 0 Å². The van der Waals surface area contributed by atoms with Crippen molar-refractivity contribution in [3.05, 3.63) is 183 Å². The van der Waals surface area contributed by atoms with Crippen LogP contribution in [0.4, 0.5) is 17.1 Å². The van der Waals surface area contributed by atoms with Crippen LogP contribution < -0.4 is 15.5 Å². The molecule has 2 heterocycles. The van der Waals surface area contributed by atoms with E-state index in [4.69, 9.17) is 5.73 Å². The monoisotopic (exact) mass is 911 g/mol. The van der Waals surface area contributed by atoms with Gasteiger partial charge in [0.1, 0.15) is 0 Å². The third-order valence-electron chi connectivity index (χ3n) is 12.7. The molecule has 2 N–H and O–H groups in total. The second-order valence-electron chi connectivity index (χ2n) is 17.3. The van der Waals surface area contributed by atoms with Crippen molar-refractivity contribution in [3.8, 4) is 44.5 Å². The fourth-order valence-electron chi connectivity index (χ4n) is 9.09. The number of hydrogen-bond donors (Lipinski definition) is 1. The maximum atomic E-state index is 14.2. The number of nitrogen functional groups attached to an aromatic ring is 1. The number of nitrogens with two attached hydrogens (primary N) is 1. The standard InChI is InChI=1S/C57H41N3O9/c1-28-7-9-34(10-8-28)36-13-18-40-50(21-36)56(68)59(54(40)66)52-20-15-38(23-45(52)32(5)64)47-24-43(30(3)62)48(25-42(47)29(2)61)49-26-46(33(6)65)53(27-44(49)31(4)63)60-55(67)41-19-14-37(22-51(41)57(60)69)35-11-16-39(58)17-12-35/h7-27H,58H2,1-6H3. The maximum Gasteiger partial charge on any atom is 0.266 e. The Balaban J connectivity index is 1.13. The molecule has 0 aromatic heterocycles. The van der Waals surface area contributed by atoms with Crippen molar-refractivity contribution in [3.63, 3.8) is 0 Å². The van der Waals surface area contributed by atoms with Crippen LogP contribution in [-0.2, 0) is 0 Å². The molecule has 0 atom stereocenters. The third kappa shape index (κ3) is 7.67. The van der Waals surface area contributed by atoms with Gasteiger partial charge < -0.3 is 5.73 Å². The molecular weight excluding hydrogens is 871 g/mol. The summed E-state index contributed by atoms with van der Waals surface area (Å²) in [5.41, 5.74) is 11.6. The van der Waals surface area contributed by atoms with E-state index in [9.17, 15) is 43.2 Å². The molecule has 7 aromatic rings. The van der Waals surface area contributed by atoms with Crippen LogP contribution in [0.1, 0.15) is 133 Å². The quantitative estimate of drug-likeness (QED) is 0.0743. The number of carbonyl (C=O) groups is 9. The number of nitrogens with zero attached hydrogens (tertiary/aromatic N) is 2. The molecule has 2 aliphatic heterocycles. The van der Waals surface area contributed by atoms with E-state index < -0.39 is 52.5 Å². The van der Waals surface area contributed by atoms with E-state index in [-0.39, 0.29) is 78.1 Å². The Labute approximate surface area is 396 Å². The van der Waals surface area contributed by atoms with E-state index in [0.29, 0.717) is 16.8 Å². The van der Waals surface area contributed by atoms with Gasteiger partial charge in [0.2, 0.25) is 0 Å². The number of rotatable bonds is 11. The van der Waals surface area contributed by atoms with E-state index in [1.807, 2.05) is 31.2 Å². The molecule has 0 saturated heterocycles. The zero-order valence-electron chi connectivity index (χ0n) is 38.3. The Morgan fingerprint density at radius 2 is 0.696 bits per heavy atom. The number of anilines is 3. The number of aryl methyl sites for hydroxylation is 1. The van der Waals surface area contributed by atoms with Gasteiger partial charge in [-0.25, -0.2) is 9.80 Å². The molecule has 12 heteroatoms. The first-order valence-corrected chi connectivity index (χ1v) is 21.9. The van der Waals surface area contributed by atoms with Crippen molar-refractivity contribution < 1.29 is 43.2 Å². The van der Waals surface area contributed by atoms with E-state index in [0.717, 1.165) is 32.1 Å². The highest BCUT2D eigenvalue weighted by molar-refractivity contribution is 6.37. The molecule has 0 radical (unpaired) electrons. The Kier molecular flexibility index (Phi) is 11.1. The molecule has 69 heavy (non-hydrogen) atoms. The molecule has 4 amide bonds. The molecule has 338 valence electrons. The molecular formula is C57H41N3O9. The molecule has 9 rings (SSSR count). The van der Waals surface area contributed by atoms with Gasteiger partial charge in [-0.05, 0) is 159 Å². The summed E-state index contributed by atoms with van der Waals surface area (Å²) in [4.78, 5) is 126. The highest BCUT2D eigenvalue weighted by Crippen LogP contribution is 2.42. The van der Waals surface area contributed by atoms with Crippen LogP contribution in [0.5, 0.6) is 0 Å². The Bertz CT molecular complexity index is 3530. The minimum atomic E-state index is -0.712. The molecule has 0 bridgehead atoms. The zero-order chi connectivity index (χ0) is 49.3. The molecule has 0 spiro atoms. The van der Waals surface area contributed by atoms with Crippen molar-refractivity contribution in [1.82, 2.24) is 0 Å². The number of fused-ring (bicyclic) bond motifs is 2. The van der Waals surface area contributed by atoms with Gasteiger partial charge in [-0.15, -0.1) is 0 Å². The number of hydrogen-bond acceptors (Lipinski definition) is 10. The van der Waals surface area contributed by atoms with Crippen LogP contribution in [0.25, 0.3) is 44.5 Å². The van der Waals surface area contributed by atoms with Gasteiger partial charge in [0, 0.05) is 33.5 Å². The summed E-state index contributed by atoms with van der Waals surface area (Å²) in [5, 5.41) is 0. The molecule has 12 nitrogen and oxygen atoms in total. The van der Waals surface area contributed by atoms with Gasteiger partial charge in [0.25, 0.3) is 23.6 Å². The predicted molar refractivity (Wildman–Crippen MR) is 263 cm³/mol. The van der Waals surface area contributed by atoms with Gasteiger partial charge in [-0.1, -0.05) is 60.2 Å². The van der Waals surface area contributed by atoms with Gasteiger partial charge in [-0.3, -0.25) is 43.2 Å². The first kappa shape index (κ1) is 45.1. The minimum absolute atomic E-state index is 0.00101. The summed E-state index contributed by atoms with van der Waals surface area (Å²) in [6.07, 6.45) is 0. The van der Waals surface area contributed by atoms with Crippen LogP contribution >= 0.6 is 0 Å². The lowest BCUT2D eigenvalue weighted by Crippen LogP contribution is -2.31. The second kappa shape index (κ2) is 17.0. The average Bonchev–Trinajstić information content (AvgIpc) is 3.73. The third-order valence-corrected chi connectivity index (χ3v) is 12.7. The van der Waals surface area contributed by atoms with Gasteiger partial charge in [0.05, 0.1) is 33.6 Å². The number of imide groups is 2. The first-order valence-electron chi connectivity index (χ1n) is 21.9. The first-order chi connectivity index (χ1) is 32.8. The number of amides is 4. The highest BCUT2D eigenvalue weighted by Gasteiger charge is 2.41. The summed E-state index contributed by atoms with van der Waals surface area (Å²) < 4.78 is 0. The largest absolute Gasteiger partial charge is 0.399 e. The average molecular weight is 912 g/mol. The van der Waals surface area contributed by atoms with Gasteiger partial charge in [0.15, 0.2) is 28.9 Å². The lowest BCUT2D eigenvalue weighted by atomic mass is 9.84. The molecule has 0 saturated carbocycles. The summed E-state index contributed by atoms with van der Waals surface area (Å²) in [5.74, 6) is -5.17. The summed E-state index contributed by atoms with van der Waals surface area (Å²) >= 11 is 0. The molecule has 0 unspecified atom stereocenters. The minimum Gasteiger partial charge on any atom is -0.399 e. The number of Topliss-reactive ketones (excluding diaryl/α,β-unsaturated/α-hetero) is 5. The second-order valence-corrected chi connectivity index (χ2v) is 17.3.